The van der Waals surface area contributed by atoms with Crippen LogP contribution in [0.15, 0.2) is 29.4 Å². The molecule has 2 atom stereocenters. The minimum absolute atomic E-state index is 0.174. The number of esters is 1. The number of halogens is 1. The molecule has 1 aromatic carbocycles. The number of anilines is 3. The van der Waals surface area contributed by atoms with E-state index >= 15 is 0 Å². The van der Waals surface area contributed by atoms with Gasteiger partial charge in [-0.1, -0.05) is 23.4 Å². The molecule has 154 valence electrons. The largest absolute Gasteiger partial charge is 0.465 e. The van der Waals surface area contributed by atoms with Crippen molar-refractivity contribution < 1.29 is 19.1 Å². The number of hydrogen-bond acceptors (Lipinski definition) is 7. The predicted molar refractivity (Wildman–Crippen MR) is 114 cm³/mol. The molecule has 2 amide bonds. The van der Waals surface area contributed by atoms with Crippen molar-refractivity contribution in [1.29, 1.82) is 0 Å². The Balaban J connectivity index is 1.84. The molecule has 2 heterocycles. The second-order valence-electron chi connectivity index (χ2n) is 6.35. The molecule has 1 aliphatic heterocycles. The Morgan fingerprint density at radius 1 is 1.28 bits per heavy atom. The Bertz CT molecular complexity index is 956. The molecule has 0 radical (unpaired) electrons. The minimum atomic E-state index is -0.548. The first kappa shape index (κ1) is 21.2. The highest BCUT2D eigenvalue weighted by Crippen LogP contribution is 2.44. The van der Waals surface area contributed by atoms with Crippen LogP contribution in [0.3, 0.4) is 0 Å². The van der Waals surface area contributed by atoms with Crippen LogP contribution in [0.5, 0.6) is 0 Å². The van der Waals surface area contributed by atoms with Crippen molar-refractivity contribution in [3.05, 3.63) is 40.5 Å². The maximum Gasteiger partial charge on any atom is 0.337 e. The van der Waals surface area contributed by atoms with Crippen molar-refractivity contribution in [3.8, 4) is 0 Å². The molecule has 29 heavy (non-hydrogen) atoms. The summed E-state index contributed by atoms with van der Waals surface area (Å²) in [6.07, 6.45) is 1.34. The number of fused-ring (bicyclic) bond motifs is 1. The molecule has 0 spiro atoms. The van der Waals surface area contributed by atoms with Crippen molar-refractivity contribution in [1.82, 2.24) is 4.98 Å². The second kappa shape index (κ2) is 8.89. The number of amides is 2. The third-order valence-corrected chi connectivity index (χ3v) is 5.53. The quantitative estimate of drug-likeness (QED) is 0.582. The maximum atomic E-state index is 12.6. The number of nitrogens with zero attached hydrogens (tertiary/aromatic N) is 1. The fraction of sp³-hybridized carbons (Fsp3) is 0.316. The van der Waals surface area contributed by atoms with E-state index in [-0.39, 0.29) is 17.0 Å². The Kier molecular flexibility index (Phi) is 6.51. The summed E-state index contributed by atoms with van der Waals surface area (Å²) in [5, 5.41) is 10.2. The lowest BCUT2D eigenvalue weighted by molar-refractivity contribution is 0.0600. The van der Waals surface area contributed by atoms with Crippen molar-refractivity contribution in [3.63, 3.8) is 0 Å². The van der Waals surface area contributed by atoms with Gasteiger partial charge in [0, 0.05) is 23.4 Å². The van der Waals surface area contributed by atoms with E-state index in [2.05, 4.69) is 20.9 Å². The van der Waals surface area contributed by atoms with Crippen molar-refractivity contribution in [2.24, 2.45) is 0 Å². The van der Waals surface area contributed by atoms with Crippen LogP contribution in [-0.2, 0) is 9.47 Å². The van der Waals surface area contributed by atoms with Crippen molar-refractivity contribution in [2.75, 3.05) is 30.2 Å². The van der Waals surface area contributed by atoms with Gasteiger partial charge in [0.05, 0.1) is 41.7 Å². The van der Waals surface area contributed by atoms with Crippen LogP contribution in [0.1, 0.15) is 35.9 Å². The number of thioether (sulfide) groups is 1. The van der Waals surface area contributed by atoms with Crippen molar-refractivity contribution >= 4 is 52.4 Å². The number of aromatic nitrogens is 1. The molecule has 3 N–H and O–H groups in total. The van der Waals surface area contributed by atoms with Crippen LogP contribution in [0, 0.1) is 0 Å². The van der Waals surface area contributed by atoms with Gasteiger partial charge in [0.1, 0.15) is 5.03 Å². The van der Waals surface area contributed by atoms with Crippen molar-refractivity contribution in [2.45, 2.75) is 30.4 Å². The molecule has 3 rings (SSSR count). The third kappa shape index (κ3) is 4.75. The number of urea groups is 1. The highest BCUT2D eigenvalue weighted by atomic mass is 35.5. The van der Waals surface area contributed by atoms with Gasteiger partial charge < -0.3 is 25.4 Å². The summed E-state index contributed by atoms with van der Waals surface area (Å²) < 4.78 is 10.2. The number of carbonyl (C=O) groups is 2. The van der Waals surface area contributed by atoms with E-state index in [1.54, 1.807) is 25.1 Å². The summed E-state index contributed by atoms with van der Waals surface area (Å²) in [4.78, 5) is 28.8. The standard InChI is InChI=1S/C19H21ClN4O4S/c1-9(27-3)15-14(8-21-17-16(15)22-10(2)29-17)24-19(26)23-13-6-11(18(25)28-4)5-12(20)7-13/h5-10,22H,1-4H3,(H2,23,24,26). The number of nitrogens with one attached hydrogen (secondary N) is 3. The van der Waals surface area contributed by atoms with Gasteiger partial charge in [-0.2, -0.15) is 0 Å². The van der Waals surface area contributed by atoms with Crippen LogP contribution in [0.4, 0.5) is 21.9 Å². The Hall–Kier alpha value is -2.49. The summed E-state index contributed by atoms with van der Waals surface area (Å²) >= 11 is 7.65. The molecule has 1 aromatic heterocycles. The van der Waals surface area contributed by atoms with Gasteiger partial charge in [-0.05, 0) is 32.0 Å². The number of rotatable bonds is 5. The molecule has 0 saturated carbocycles. The molecule has 0 aliphatic carbocycles. The Labute approximate surface area is 177 Å². The number of benzene rings is 1. The van der Waals surface area contributed by atoms with Crippen LogP contribution < -0.4 is 16.0 Å². The van der Waals surface area contributed by atoms with Gasteiger partial charge in [-0.3, -0.25) is 0 Å². The Morgan fingerprint density at radius 3 is 2.72 bits per heavy atom. The summed E-state index contributed by atoms with van der Waals surface area (Å²) in [6, 6.07) is 3.97. The van der Waals surface area contributed by atoms with E-state index in [4.69, 9.17) is 21.1 Å². The molecule has 8 nitrogen and oxygen atoms in total. The zero-order valence-corrected chi connectivity index (χ0v) is 17.9. The van der Waals surface area contributed by atoms with E-state index in [0.29, 0.717) is 16.4 Å². The molecule has 1 aliphatic rings. The summed E-state index contributed by atoms with van der Waals surface area (Å²) in [7, 11) is 2.88. The number of ether oxygens (including phenoxy) is 2. The average molecular weight is 437 g/mol. The van der Waals surface area contributed by atoms with Gasteiger partial charge in [0.25, 0.3) is 0 Å². The fourth-order valence-corrected chi connectivity index (χ4v) is 4.11. The number of pyridine rings is 1. The summed E-state index contributed by atoms with van der Waals surface area (Å²) in [5.74, 6) is -0.548. The van der Waals surface area contributed by atoms with Crippen LogP contribution in [-0.4, -0.2) is 36.6 Å². The Morgan fingerprint density at radius 2 is 2.03 bits per heavy atom. The van der Waals surface area contributed by atoms with E-state index in [9.17, 15) is 9.59 Å². The highest BCUT2D eigenvalue weighted by molar-refractivity contribution is 8.00. The first-order valence-electron chi connectivity index (χ1n) is 8.78. The van der Waals surface area contributed by atoms with Crippen LogP contribution in [0.25, 0.3) is 0 Å². The number of hydrogen-bond donors (Lipinski definition) is 3. The zero-order chi connectivity index (χ0) is 21.1. The monoisotopic (exact) mass is 436 g/mol. The van der Waals surface area contributed by atoms with E-state index < -0.39 is 12.0 Å². The minimum Gasteiger partial charge on any atom is -0.465 e. The van der Waals surface area contributed by atoms with Crippen LogP contribution >= 0.6 is 23.4 Å². The molecular weight excluding hydrogens is 416 g/mol. The van der Waals surface area contributed by atoms with Gasteiger partial charge in [0.2, 0.25) is 0 Å². The number of methoxy groups -OCH3 is 2. The van der Waals surface area contributed by atoms with Gasteiger partial charge in [-0.25, -0.2) is 14.6 Å². The van der Waals surface area contributed by atoms with Gasteiger partial charge >= 0.3 is 12.0 Å². The molecule has 10 heteroatoms. The normalized spacial score (nSPS) is 15.8. The lowest BCUT2D eigenvalue weighted by atomic mass is 10.1. The number of carbonyl (C=O) groups excluding carboxylic acids is 2. The summed E-state index contributed by atoms with van der Waals surface area (Å²) in [6.45, 7) is 3.93. The molecule has 0 fully saturated rings. The molecule has 0 saturated heterocycles. The third-order valence-electron chi connectivity index (χ3n) is 4.31. The van der Waals surface area contributed by atoms with E-state index in [0.717, 1.165) is 16.3 Å². The first-order valence-corrected chi connectivity index (χ1v) is 10.0. The van der Waals surface area contributed by atoms with Crippen LogP contribution in [0.2, 0.25) is 5.02 Å². The molecule has 2 unspecified atom stereocenters. The van der Waals surface area contributed by atoms with E-state index in [1.165, 1.54) is 25.3 Å². The lowest BCUT2D eigenvalue weighted by Gasteiger charge is -2.19. The van der Waals surface area contributed by atoms with Gasteiger partial charge in [-0.15, -0.1) is 0 Å². The SMILES string of the molecule is COC(=O)c1cc(Cl)cc(NC(=O)Nc2cnc3c(c2C(C)OC)NC(C)S3)c1. The highest BCUT2D eigenvalue weighted by Gasteiger charge is 2.27. The van der Waals surface area contributed by atoms with Gasteiger partial charge in [0.15, 0.2) is 0 Å². The lowest BCUT2D eigenvalue weighted by Crippen LogP contribution is -2.21. The molecule has 2 aromatic rings. The molecule has 0 bridgehead atoms. The van der Waals surface area contributed by atoms with E-state index in [1.807, 2.05) is 13.8 Å². The topological polar surface area (TPSA) is 102 Å². The predicted octanol–water partition coefficient (Wildman–Crippen LogP) is 4.74. The fourth-order valence-electron chi connectivity index (χ4n) is 2.96. The first-order chi connectivity index (χ1) is 13.8. The zero-order valence-electron chi connectivity index (χ0n) is 16.3. The average Bonchev–Trinajstić information content (AvgIpc) is 3.06. The summed E-state index contributed by atoms with van der Waals surface area (Å²) in [5.41, 5.74) is 2.77. The second-order valence-corrected chi connectivity index (χ2v) is 8.11. The smallest absolute Gasteiger partial charge is 0.337 e. The molecular formula is C19H21ClN4O4S. The maximum absolute atomic E-state index is 12.6.